The third-order valence-corrected chi connectivity index (χ3v) is 4.50. The van der Waals surface area contributed by atoms with Crippen molar-refractivity contribution in [2.75, 3.05) is 6.54 Å². The van der Waals surface area contributed by atoms with Crippen molar-refractivity contribution >= 4 is 12.1 Å². The number of carbonyl (C=O) groups is 2. The predicted octanol–water partition coefficient (Wildman–Crippen LogP) is 1.64. The summed E-state index contributed by atoms with van der Waals surface area (Å²) in [6.45, 7) is 6.74. The summed E-state index contributed by atoms with van der Waals surface area (Å²) in [7, 11) is 0. The fraction of sp³-hybridized carbons (Fsp3) is 0.579. The number of benzene rings is 1. The molecular formula is C19H29N3O6. The second kappa shape index (κ2) is 8.34. The Balaban J connectivity index is 2.13. The topological polar surface area (TPSA) is 146 Å². The molecule has 0 saturated carbocycles. The summed E-state index contributed by atoms with van der Waals surface area (Å²) in [5.74, 6) is -0.712. The Kier molecular flexibility index (Phi) is 6.53. The van der Waals surface area contributed by atoms with Crippen LogP contribution in [0.2, 0.25) is 0 Å². The number of hydrogen-bond acceptors (Lipinski definition) is 7. The van der Waals surface area contributed by atoms with Crippen LogP contribution in [0.25, 0.3) is 0 Å². The van der Waals surface area contributed by atoms with Crippen LogP contribution >= 0.6 is 0 Å². The van der Waals surface area contributed by atoms with Gasteiger partial charge in [0.25, 0.3) is 0 Å². The fourth-order valence-corrected chi connectivity index (χ4v) is 2.86. The van der Waals surface area contributed by atoms with Crippen LogP contribution < -0.4 is 21.7 Å². The molecule has 1 heterocycles. The quantitative estimate of drug-likeness (QED) is 0.532. The van der Waals surface area contributed by atoms with Gasteiger partial charge in [0.15, 0.2) is 0 Å². The van der Waals surface area contributed by atoms with Gasteiger partial charge in [0.05, 0.1) is 0 Å². The van der Waals surface area contributed by atoms with E-state index in [1.54, 1.807) is 32.9 Å². The molecule has 2 unspecified atom stereocenters. The van der Waals surface area contributed by atoms with Crippen molar-refractivity contribution in [2.45, 2.75) is 63.9 Å². The van der Waals surface area contributed by atoms with Crippen LogP contribution in [0.4, 0.5) is 4.79 Å². The second-order valence-electron chi connectivity index (χ2n) is 7.97. The minimum absolute atomic E-state index is 0.270. The van der Waals surface area contributed by atoms with Crippen LogP contribution in [0.5, 0.6) is 5.75 Å². The van der Waals surface area contributed by atoms with Crippen LogP contribution in [0.15, 0.2) is 18.2 Å². The normalized spacial score (nSPS) is 19.6. The lowest BCUT2D eigenvalue weighted by atomic mass is 9.90. The third kappa shape index (κ3) is 5.12. The number of fused-ring (bicyclic) bond motifs is 1. The lowest BCUT2D eigenvalue weighted by Gasteiger charge is -2.36. The Morgan fingerprint density at radius 2 is 2.04 bits per heavy atom. The molecule has 9 heteroatoms. The van der Waals surface area contributed by atoms with Crippen molar-refractivity contribution in [3.8, 4) is 5.75 Å². The van der Waals surface area contributed by atoms with E-state index in [0.717, 1.165) is 11.1 Å². The van der Waals surface area contributed by atoms with E-state index >= 15 is 0 Å². The van der Waals surface area contributed by atoms with Crippen LogP contribution in [-0.2, 0) is 20.8 Å². The molecule has 0 aliphatic carbocycles. The average Bonchev–Trinajstić information content (AvgIpc) is 2.63. The summed E-state index contributed by atoms with van der Waals surface area (Å²) < 4.78 is 11.0. The number of carbonyl (C=O) groups excluding carboxylic acids is 1. The second-order valence-corrected chi connectivity index (χ2v) is 7.97. The molecule has 156 valence electrons. The molecule has 28 heavy (non-hydrogen) atoms. The van der Waals surface area contributed by atoms with Gasteiger partial charge >= 0.3 is 12.1 Å². The van der Waals surface area contributed by atoms with Crippen molar-refractivity contribution in [1.29, 1.82) is 0 Å². The van der Waals surface area contributed by atoms with Crippen LogP contribution in [0.3, 0.4) is 0 Å². The van der Waals surface area contributed by atoms with Crippen molar-refractivity contribution < 1.29 is 29.0 Å². The molecule has 0 bridgehead atoms. The Labute approximate surface area is 164 Å². The average molecular weight is 395 g/mol. The van der Waals surface area contributed by atoms with Crippen molar-refractivity contribution in [3.05, 3.63) is 29.3 Å². The number of nitrogens with two attached hydrogens (primary N) is 2. The molecule has 0 fully saturated rings. The summed E-state index contributed by atoms with van der Waals surface area (Å²) in [5.41, 5.74) is 12.9. The number of carboxylic acid groups (broad SMARTS) is 1. The zero-order valence-electron chi connectivity index (χ0n) is 16.7. The zero-order valence-corrected chi connectivity index (χ0v) is 16.7. The fourth-order valence-electron chi connectivity index (χ4n) is 2.86. The zero-order chi connectivity index (χ0) is 21.1. The number of aryl methyl sites for hydroxylation is 1. The molecule has 0 saturated heterocycles. The number of amides is 1. The van der Waals surface area contributed by atoms with Crippen molar-refractivity contribution in [3.63, 3.8) is 0 Å². The minimum Gasteiger partial charge on any atom is -0.486 e. The molecule has 1 aliphatic rings. The first kappa shape index (κ1) is 21.9. The number of ether oxygens (including phenoxy) is 2. The first-order chi connectivity index (χ1) is 13.0. The summed E-state index contributed by atoms with van der Waals surface area (Å²) in [6, 6.07) is 5.20. The largest absolute Gasteiger partial charge is 0.486 e. The van der Waals surface area contributed by atoms with Crippen LogP contribution in [-0.4, -0.2) is 41.0 Å². The maximum absolute atomic E-state index is 11.9. The number of nitrogens with one attached hydrogen (secondary N) is 1. The highest BCUT2D eigenvalue weighted by Crippen LogP contribution is 2.34. The van der Waals surface area contributed by atoms with Gasteiger partial charge in [-0.25, -0.2) is 14.4 Å². The minimum atomic E-state index is -1.80. The van der Waals surface area contributed by atoms with Crippen LogP contribution in [0, 0.1) is 0 Å². The molecular weight excluding hydrogens is 366 g/mol. The molecule has 2 rings (SSSR count). The first-order valence-corrected chi connectivity index (χ1v) is 9.12. The van der Waals surface area contributed by atoms with Gasteiger partial charge in [0, 0.05) is 12.6 Å². The van der Waals surface area contributed by atoms with E-state index in [9.17, 15) is 14.7 Å². The Hall–Kier alpha value is -2.36. The maximum atomic E-state index is 11.9. The van der Waals surface area contributed by atoms with Gasteiger partial charge < -0.3 is 26.0 Å². The van der Waals surface area contributed by atoms with Gasteiger partial charge in [0.1, 0.15) is 17.5 Å². The maximum Gasteiger partial charge on any atom is 0.431 e. The van der Waals surface area contributed by atoms with Gasteiger partial charge in [-0.1, -0.05) is 12.1 Å². The molecule has 3 atom stereocenters. The number of hydroxylamine groups is 1. The monoisotopic (exact) mass is 395 g/mol. The Morgan fingerprint density at radius 1 is 1.36 bits per heavy atom. The Morgan fingerprint density at radius 3 is 2.61 bits per heavy atom. The highest BCUT2D eigenvalue weighted by Gasteiger charge is 2.47. The van der Waals surface area contributed by atoms with Crippen molar-refractivity contribution in [1.82, 2.24) is 5.48 Å². The predicted molar refractivity (Wildman–Crippen MR) is 102 cm³/mol. The smallest absolute Gasteiger partial charge is 0.431 e. The molecule has 0 aromatic heterocycles. The molecule has 1 aromatic carbocycles. The summed E-state index contributed by atoms with van der Waals surface area (Å²) in [6.07, 6.45) is -0.741. The van der Waals surface area contributed by atoms with E-state index in [2.05, 4.69) is 5.48 Å². The Bertz CT molecular complexity index is 733. The molecule has 1 aromatic rings. The van der Waals surface area contributed by atoms with Crippen molar-refractivity contribution in [2.24, 2.45) is 11.5 Å². The number of aliphatic carboxylic acids is 1. The number of carboxylic acids is 1. The van der Waals surface area contributed by atoms with Gasteiger partial charge in [-0.2, -0.15) is 5.48 Å². The van der Waals surface area contributed by atoms with Gasteiger partial charge in [-0.3, -0.25) is 0 Å². The molecule has 1 aliphatic heterocycles. The summed E-state index contributed by atoms with van der Waals surface area (Å²) in [4.78, 5) is 29.0. The van der Waals surface area contributed by atoms with Gasteiger partial charge in [-0.15, -0.1) is 0 Å². The molecule has 6 N–H and O–H groups in total. The third-order valence-electron chi connectivity index (χ3n) is 4.50. The van der Waals surface area contributed by atoms with Crippen LogP contribution in [0.1, 0.15) is 51.3 Å². The molecule has 9 nitrogen and oxygen atoms in total. The lowest BCUT2D eigenvalue weighted by molar-refractivity contribution is -0.190. The standard InChI is InChI=1S/C19H29N3O6/c1-18(2,3)27-17(25)22-28-19(4,16(23)24)15-8-6-12-9-11(13(21)10-20)5-7-14(12)26-15/h5,7,9,13,15H,6,8,10,20-21H2,1-4H3,(H,22,25)(H,23,24)/t13?,15-,19?/m1/s1. The van der Waals surface area contributed by atoms with E-state index in [4.69, 9.17) is 25.8 Å². The highest BCUT2D eigenvalue weighted by atomic mass is 16.7. The van der Waals surface area contributed by atoms with E-state index < -0.39 is 29.4 Å². The SMILES string of the molecule is CC(C)(C)OC(=O)NOC(C)(C(=O)O)[C@H]1CCc2cc(C(N)CN)ccc2O1. The molecule has 1 amide bonds. The van der Waals surface area contributed by atoms with E-state index in [1.807, 2.05) is 6.07 Å². The van der Waals surface area contributed by atoms with E-state index in [1.165, 1.54) is 6.92 Å². The van der Waals surface area contributed by atoms with E-state index in [0.29, 0.717) is 25.1 Å². The summed E-state index contributed by atoms with van der Waals surface area (Å²) >= 11 is 0. The first-order valence-electron chi connectivity index (χ1n) is 9.12. The number of hydrogen-bond donors (Lipinski definition) is 4. The molecule has 0 spiro atoms. The summed E-state index contributed by atoms with van der Waals surface area (Å²) in [5, 5.41) is 9.70. The van der Waals surface area contributed by atoms with E-state index in [-0.39, 0.29) is 6.04 Å². The number of rotatable bonds is 6. The highest BCUT2D eigenvalue weighted by molar-refractivity contribution is 5.78. The molecule has 0 radical (unpaired) electrons. The van der Waals surface area contributed by atoms with Gasteiger partial charge in [-0.05, 0) is 57.7 Å². The van der Waals surface area contributed by atoms with Gasteiger partial charge in [0.2, 0.25) is 5.60 Å². The lowest BCUT2D eigenvalue weighted by Crippen LogP contribution is -2.56.